The second-order valence-electron chi connectivity index (χ2n) is 5.25. The van der Waals surface area contributed by atoms with E-state index in [1.807, 2.05) is 13.8 Å². The first-order chi connectivity index (χ1) is 9.24. The van der Waals surface area contributed by atoms with Crippen molar-refractivity contribution in [3.05, 3.63) is 29.8 Å². The molecule has 2 rings (SSSR count). The number of nitrogens with zero attached hydrogens (tertiary/aromatic N) is 1. The monoisotopic (exact) mass is 315 g/mol. The second kappa shape index (κ2) is 5.38. The maximum atomic E-state index is 12.7. The van der Waals surface area contributed by atoms with Gasteiger partial charge >= 0.3 is 5.97 Å². The van der Waals surface area contributed by atoms with Crippen LogP contribution in [-0.4, -0.2) is 47.4 Å². The quantitative estimate of drug-likeness (QED) is 0.922. The van der Waals surface area contributed by atoms with Gasteiger partial charge in [-0.1, -0.05) is 12.1 Å². The molecule has 110 valence electrons. The molecule has 0 spiro atoms. The van der Waals surface area contributed by atoms with Gasteiger partial charge in [0.2, 0.25) is 10.0 Å². The van der Waals surface area contributed by atoms with Crippen LogP contribution in [0.2, 0.25) is 0 Å². The van der Waals surface area contributed by atoms with E-state index >= 15 is 0 Å². The summed E-state index contributed by atoms with van der Waals surface area (Å²) in [7, 11) is -3.77. The molecule has 0 radical (unpaired) electrons. The largest absolute Gasteiger partial charge is 0.478 e. The van der Waals surface area contributed by atoms with Gasteiger partial charge in [0.25, 0.3) is 0 Å². The third kappa shape index (κ3) is 2.99. The first-order valence-electron chi connectivity index (χ1n) is 6.20. The first-order valence-corrected chi connectivity index (χ1v) is 8.63. The van der Waals surface area contributed by atoms with E-state index in [2.05, 4.69) is 0 Å². The van der Waals surface area contributed by atoms with Crippen molar-refractivity contribution < 1.29 is 18.3 Å². The summed E-state index contributed by atoms with van der Waals surface area (Å²) in [5, 5.41) is 9.14. The molecule has 0 unspecified atom stereocenters. The van der Waals surface area contributed by atoms with E-state index in [9.17, 15) is 13.2 Å². The summed E-state index contributed by atoms with van der Waals surface area (Å²) in [4.78, 5) is 11.1. The van der Waals surface area contributed by atoms with E-state index in [-0.39, 0.29) is 15.2 Å². The van der Waals surface area contributed by atoms with E-state index in [4.69, 9.17) is 5.11 Å². The van der Waals surface area contributed by atoms with Crippen molar-refractivity contribution in [2.24, 2.45) is 0 Å². The summed E-state index contributed by atoms with van der Waals surface area (Å²) in [5.41, 5.74) is -0.177. The molecule has 1 N–H and O–H groups in total. The lowest BCUT2D eigenvalue weighted by Crippen LogP contribution is -2.46. The molecule has 1 aromatic carbocycles. The van der Waals surface area contributed by atoms with Crippen molar-refractivity contribution in [1.82, 2.24) is 4.31 Å². The number of benzene rings is 1. The normalized spacial score (nSPS) is 19.7. The standard InChI is InChI=1S/C13H17NO4S2/c1-13(2)9-14(7-8-19-13)20(17,18)11-6-4-3-5-10(11)12(15)16/h3-6H,7-9H2,1-2H3,(H,15,16). The third-order valence-corrected chi connectivity index (χ3v) is 6.33. The summed E-state index contributed by atoms with van der Waals surface area (Å²) in [6, 6.07) is 5.74. The number of hydrogen-bond acceptors (Lipinski definition) is 4. The van der Waals surface area contributed by atoms with Crippen molar-refractivity contribution in [1.29, 1.82) is 0 Å². The van der Waals surface area contributed by atoms with Crippen LogP contribution in [0.15, 0.2) is 29.2 Å². The lowest BCUT2D eigenvalue weighted by Gasteiger charge is -2.36. The maximum Gasteiger partial charge on any atom is 0.337 e. The Kier molecular flexibility index (Phi) is 4.13. The van der Waals surface area contributed by atoms with Crippen LogP contribution in [0.4, 0.5) is 0 Å². The van der Waals surface area contributed by atoms with Gasteiger partial charge in [0.1, 0.15) is 0 Å². The van der Waals surface area contributed by atoms with E-state index < -0.39 is 16.0 Å². The minimum absolute atomic E-state index is 0.129. The molecule has 1 fully saturated rings. The Balaban J connectivity index is 2.43. The van der Waals surface area contributed by atoms with E-state index in [0.717, 1.165) is 0 Å². The highest BCUT2D eigenvalue weighted by Gasteiger charge is 2.36. The zero-order valence-electron chi connectivity index (χ0n) is 11.4. The summed E-state index contributed by atoms with van der Waals surface area (Å²) >= 11 is 1.72. The lowest BCUT2D eigenvalue weighted by atomic mass is 10.2. The van der Waals surface area contributed by atoms with Crippen LogP contribution >= 0.6 is 11.8 Å². The Bertz CT molecular complexity index is 625. The van der Waals surface area contributed by atoms with Crippen molar-refractivity contribution in [2.45, 2.75) is 23.5 Å². The lowest BCUT2D eigenvalue weighted by molar-refractivity contribution is 0.0692. The Morgan fingerprint density at radius 1 is 1.35 bits per heavy atom. The Morgan fingerprint density at radius 2 is 2.00 bits per heavy atom. The number of rotatable bonds is 3. The van der Waals surface area contributed by atoms with Crippen molar-refractivity contribution in [3.8, 4) is 0 Å². The molecule has 1 saturated heterocycles. The third-order valence-electron chi connectivity index (χ3n) is 3.13. The molecule has 20 heavy (non-hydrogen) atoms. The average Bonchev–Trinajstić information content (AvgIpc) is 2.37. The highest BCUT2D eigenvalue weighted by Crippen LogP contribution is 2.33. The molecule has 1 aromatic rings. The van der Waals surface area contributed by atoms with E-state index in [1.165, 1.54) is 22.5 Å². The van der Waals surface area contributed by atoms with Crippen LogP contribution in [0, 0.1) is 0 Å². The fourth-order valence-electron chi connectivity index (χ4n) is 2.19. The highest BCUT2D eigenvalue weighted by atomic mass is 32.2. The Labute approximate surface area is 123 Å². The molecule has 1 aliphatic heterocycles. The number of carboxylic acid groups (broad SMARTS) is 1. The van der Waals surface area contributed by atoms with Crippen LogP contribution < -0.4 is 0 Å². The van der Waals surface area contributed by atoms with Crippen LogP contribution in [-0.2, 0) is 10.0 Å². The van der Waals surface area contributed by atoms with Gasteiger partial charge in [-0.15, -0.1) is 0 Å². The predicted molar refractivity (Wildman–Crippen MR) is 78.7 cm³/mol. The molecule has 0 amide bonds. The molecule has 5 nitrogen and oxygen atoms in total. The number of carbonyl (C=O) groups is 1. The first kappa shape index (κ1) is 15.3. The summed E-state index contributed by atoms with van der Waals surface area (Å²) in [6.07, 6.45) is 0. The van der Waals surface area contributed by atoms with Gasteiger partial charge in [0, 0.05) is 23.6 Å². The smallest absolute Gasteiger partial charge is 0.337 e. The van der Waals surface area contributed by atoms with E-state index in [0.29, 0.717) is 18.8 Å². The number of thioether (sulfide) groups is 1. The number of hydrogen-bond donors (Lipinski definition) is 1. The highest BCUT2D eigenvalue weighted by molar-refractivity contribution is 8.00. The molecule has 1 aliphatic rings. The van der Waals surface area contributed by atoms with Crippen LogP contribution in [0.1, 0.15) is 24.2 Å². The minimum Gasteiger partial charge on any atom is -0.478 e. The minimum atomic E-state index is -3.77. The summed E-state index contributed by atoms with van der Waals surface area (Å²) in [5.74, 6) is -0.517. The molecule has 1 heterocycles. The zero-order chi connectivity index (χ0) is 15.0. The summed E-state index contributed by atoms with van der Waals surface area (Å²) < 4.78 is 26.5. The van der Waals surface area contributed by atoms with Gasteiger partial charge in [0.05, 0.1) is 10.5 Å². The maximum absolute atomic E-state index is 12.7. The number of sulfonamides is 1. The number of aromatic carboxylic acids is 1. The van der Waals surface area contributed by atoms with Crippen molar-refractivity contribution in [2.75, 3.05) is 18.8 Å². The molecular formula is C13H17NO4S2. The number of carboxylic acids is 1. The molecule has 0 aromatic heterocycles. The molecular weight excluding hydrogens is 298 g/mol. The van der Waals surface area contributed by atoms with Gasteiger partial charge in [-0.3, -0.25) is 0 Å². The topological polar surface area (TPSA) is 74.7 Å². The molecule has 0 saturated carbocycles. The molecule has 0 bridgehead atoms. The SMILES string of the molecule is CC1(C)CN(S(=O)(=O)c2ccccc2C(=O)O)CCS1. The second-order valence-corrected chi connectivity index (χ2v) is 8.96. The molecule has 7 heteroatoms. The van der Waals surface area contributed by atoms with Crippen LogP contribution in [0.3, 0.4) is 0 Å². The Hall–Kier alpha value is -1.05. The van der Waals surface area contributed by atoms with Gasteiger partial charge in [0.15, 0.2) is 0 Å². The van der Waals surface area contributed by atoms with Crippen molar-refractivity contribution in [3.63, 3.8) is 0 Å². The summed E-state index contributed by atoms with van der Waals surface area (Å²) in [6.45, 7) is 4.77. The van der Waals surface area contributed by atoms with Gasteiger partial charge in [-0.2, -0.15) is 16.1 Å². The Morgan fingerprint density at radius 3 is 2.60 bits per heavy atom. The van der Waals surface area contributed by atoms with Gasteiger partial charge in [-0.05, 0) is 26.0 Å². The fourth-order valence-corrected chi connectivity index (χ4v) is 5.28. The fraction of sp³-hybridized carbons (Fsp3) is 0.462. The van der Waals surface area contributed by atoms with Crippen LogP contribution in [0.5, 0.6) is 0 Å². The molecule has 0 atom stereocenters. The zero-order valence-corrected chi connectivity index (χ0v) is 13.0. The predicted octanol–water partition coefficient (Wildman–Crippen LogP) is 1.90. The average molecular weight is 315 g/mol. The van der Waals surface area contributed by atoms with Crippen LogP contribution in [0.25, 0.3) is 0 Å². The van der Waals surface area contributed by atoms with Gasteiger partial charge in [-0.25, -0.2) is 13.2 Å². The van der Waals surface area contributed by atoms with Crippen molar-refractivity contribution >= 4 is 27.8 Å². The van der Waals surface area contributed by atoms with Gasteiger partial charge < -0.3 is 5.11 Å². The molecule has 0 aliphatic carbocycles. The van der Waals surface area contributed by atoms with E-state index in [1.54, 1.807) is 17.8 Å².